The molecule has 0 aliphatic rings. The number of carboxylic acid groups (broad SMARTS) is 1. The zero-order valence-corrected chi connectivity index (χ0v) is 13.3. The third-order valence-corrected chi connectivity index (χ3v) is 3.79. The van der Waals surface area contributed by atoms with Crippen LogP contribution < -0.4 is 5.32 Å². The third-order valence-electron chi connectivity index (χ3n) is 2.90. The molecule has 0 radical (unpaired) electrons. The molecular weight excluding hydrogens is 358 g/mol. The summed E-state index contributed by atoms with van der Waals surface area (Å²) in [7, 11) is 0. The molecule has 4 nitrogen and oxygen atoms in total. The molecule has 1 amide bonds. The minimum absolute atomic E-state index is 0.179. The first-order chi connectivity index (χ1) is 9.88. The second-order valence-corrected chi connectivity index (χ2v) is 5.70. The Labute approximate surface area is 134 Å². The number of hydrogen-bond donors (Lipinski definition) is 2. The molecular formula is C15H11BrClNO3. The monoisotopic (exact) mass is 367 g/mol. The highest BCUT2D eigenvalue weighted by atomic mass is 79.9. The summed E-state index contributed by atoms with van der Waals surface area (Å²) in [6, 6.07) is 9.40. The number of carboxylic acids is 1. The van der Waals surface area contributed by atoms with Crippen molar-refractivity contribution in [2.45, 2.75) is 6.92 Å². The quantitative estimate of drug-likeness (QED) is 0.846. The van der Waals surface area contributed by atoms with E-state index in [1.165, 1.54) is 12.1 Å². The van der Waals surface area contributed by atoms with Crippen molar-refractivity contribution in [3.63, 3.8) is 0 Å². The number of carbonyl (C=O) groups excluding carboxylic acids is 1. The summed E-state index contributed by atoms with van der Waals surface area (Å²) in [5.41, 5.74) is 1.86. The molecule has 2 aromatic carbocycles. The Kier molecular flexibility index (Phi) is 4.65. The molecule has 0 atom stereocenters. The highest BCUT2D eigenvalue weighted by molar-refractivity contribution is 9.10. The summed E-state index contributed by atoms with van der Waals surface area (Å²) in [6.07, 6.45) is 0. The minimum atomic E-state index is -1.00. The van der Waals surface area contributed by atoms with Crippen LogP contribution in [0.25, 0.3) is 0 Å². The van der Waals surface area contributed by atoms with Gasteiger partial charge in [0.05, 0.1) is 11.1 Å². The second kappa shape index (κ2) is 6.28. The van der Waals surface area contributed by atoms with Gasteiger partial charge in [-0.05, 0) is 64.8 Å². The van der Waals surface area contributed by atoms with Crippen LogP contribution in [-0.2, 0) is 0 Å². The number of aromatic carboxylic acids is 1. The van der Waals surface area contributed by atoms with Crippen LogP contribution in [0.15, 0.2) is 40.9 Å². The Hall–Kier alpha value is -1.85. The fraction of sp³-hybridized carbons (Fsp3) is 0.0667. The molecule has 0 heterocycles. The van der Waals surface area contributed by atoms with Crippen molar-refractivity contribution in [1.29, 1.82) is 0 Å². The summed E-state index contributed by atoms with van der Waals surface area (Å²) >= 11 is 9.12. The van der Waals surface area contributed by atoms with E-state index in [4.69, 9.17) is 16.7 Å². The van der Waals surface area contributed by atoms with Gasteiger partial charge in [-0.25, -0.2) is 4.79 Å². The van der Waals surface area contributed by atoms with Crippen LogP contribution in [-0.4, -0.2) is 17.0 Å². The summed E-state index contributed by atoms with van der Waals surface area (Å²) < 4.78 is 0.590. The molecule has 0 saturated carbocycles. The van der Waals surface area contributed by atoms with Crippen molar-refractivity contribution >= 4 is 45.1 Å². The fourth-order valence-corrected chi connectivity index (χ4v) is 2.66. The van der Waals surface area contributed by atoms with Crippen LogP contribution in [0.4, 0.5) is 5.69 Å². The van der Waals surface area contributed by atoms with Crippen LogP contribution in [0.2, 0.25) is 5.02 Å². The molecule has 2 N–H and O–H groups in total. The number of aryl methyl sites for hydroxylation is 1. The average Bonchev–Trinajstić information content (AvgIpc) is 2.40. The molecule has 0 saturated heterocycles. The van der Waals surface area contributed by atoms with Gasteiger partial charge >= 0.3 is 5.97 Å². The van der Waals surface area contributed by atoms with E-state index in [2.05, 4.69) is 21.2 Å². The van der Waals surface area contributed by atoms with Crippen molar-refractivity contribution in [3.8, 4) is 0 Å². The van der Waals surface area contributed by atoms with Crippen LogP contribution in [0.1, 0.15) is 26.3 Å². The van der Waals surface area contributed by atoms with E-state index in [1.807, 2.05) is 0 Å². The van der Waals surface area contributed by atoms with E-state index in [1.54, 1.807) is 31.2 Å². The van der Waals surface area contributed by atoms with E-state index in [0.29, 0.717) is 26.3 Å². The number of hydrogen-bond acceptors (Lipinski definition) is 2. The number of halogens is 2. The Morgan fingerprint density at radius 3 is 2.48 bits per heavy atom. The fourth-order valence-electron chi connectivity index (χ4n) is 1.80. The van der Waals surface area contributed by atoms with Crippen molar-refractivity contribution < 1.29 is 14.7 Å². The Morgan fingerprint density at radius 2 is 1.90 bits per heavy atom. The van der Waals surface area contributed by atoms with Crippen LogP contribution in [0.3, 0.4) is 0 Å². The summed E-state index contributed by atoms with van der Waals surface area (Å²) in [4.78, 5) is 23.1. The van der Waals surface area contributed by atoms with Gasteiger partial charge in [-0.3, -0.25) is 4.79 Å². The molecule has 0 aliphatic carbocycles. The van der Waals surface area contributed by atoms with Gasteiger partial charge in [-0.1, -0.05) is 11.6 Å². The molecule has 2 rings (SSSR count). The topological polar surface area (TPSA) is 66.4 Å². The van der Waals surface area contributed by atoms with Gasteiger partial charge in [-0.15, -0.1) is 0 Å². The second-order valence-electron chi connectivity index (χ2n) is 4.41. The lowest BCUT2D eigenvalue weighted by Crippen LogP contribution is -2.13. The first kappa shape index (κ1) is 15.5. The largest absolute Gasteiger partial charge is 0.478 e. The van der Waals surface area contributed by atoms with E-state index in [9.17, 15) is 9.59 Å². The van der Waals surface area contributed by atoms with Gasteiger partial charge in [0.2, 0.25) is 0 Å². The predicted octanol–water partition coefficient (Wildman–Crippen LogP) is 4.36. The van der Waals surface area contributed by atoms with E-state index in [0.717, 1.165) is 0 Å². The number of nitrogens with one attached hydrogen (secondary N) is 1. The maximum absolute atomic E-state index is 12.2. The van der Waals surface area contributed by atoms with Crippen molar-refractivity contribution in [2.24, 2.45) is 0 Å². The number of rotatable bonds is 3. The molecule has 2 aromatic rings. The molecule has 21 heavy (non-hydrogen) atoms. The molecule has 0 unspecified atom stereocenters. The summed E-state index contributed by atoms with van der Waals surface area (Å²) in [5, 5.41) is 12.2. The SMILES string of the molecule is Cc1cc(C(=O)O)ccc1NC(=O)c1ccc(Cl)cc1Br. The lowest BCUT2D eigenvalue weighted by molar-refractivity contribution is 0.0696. The Bertz CT molecular complexity index is 731. The first-order valence-electron chi connectivity index (χ1n) is 5.99. The molecule has 6 heteroatoms. The average molecular weight is 369 g/mol. The van der Waals surface area contributed by atoms with Gasteiger partial charge < -0.3 is 10.4 Å². The summed E-state index contributed by atoms with van der Waals surface area (Å²) in [5.74, 6) is -1.30. The van der Waals surface area contributed by atoms with E-state index in [-0.39, 0.29) is 11.5 Å². The Balaban J connectivity index is 2.25. The minimum Gasteiger partial charge on any atom is -0.478 e. The number of anilines is 1. The molecule has 0 bridgehead atoms. The molecule has 108 valence electrons. The maximum Gasteiger partial charge on any atom is 0.335 e. The standard InChI is InChI=1S/C15H11BrClNO3/c1-8-6-9(15(20)21)2-5-13(8)18-14(19)11-4-3-10(17)7-12(11)16/h2-7H,1H3,(H,18,19)(H,20,21). The van der Waals surface area contributed by atoms with Gasteiger partial charge in [0.1, 0.15) is 0 Å². The molecule has 0 spiro atoms. The van der Waals surface area contributed by atoms with Crippen LogP contribution >= 0.6 is 27.5 Å². The molecule has 0 fully saturated rings. The zero-order chi connectivity index (χ0) is 15.6. The van der Waals surface area contributed by atoms with Crippen LogP contribution in [0, 0.1) is 6.92 Å². The third kappa shape index (κ3) is 3.62. The van der Waals surface area contributed by atoms with Gasteiger partial charge in [0.15, 0.2) is 0 Å². The first-order valence-corrected chi connectivity index (χ1v) is 7.16. The van der Waals surface area contributed by atoms with Gasteiger partial charge in [0, 0.05) is 15.2 Å². The van der Waals surface area contributed by atoms with Crippen LogP contribution in [0.5, 0.6) is 0 Å². The smallest absolute Gasteiger partial charge is 0.335 e. The maximum atomic E-state index is 12.2. The van der Waals surface area contributed by atoms with Crippen molar-refractivity contribution in [1.82, 2.24) is 0 Å². The van der Waals surface area contributed by atoms with Gasteiger partial charge in [-0.2, -0.15) is 0 Å². The summed E-state index contributed by atoms with van der Waals surface area (Å²) in [6.45, 7) is 1.74. The number of benzene rings is 2. The lowest BCUT2D eigenvalue weighted by atomic mass is 10.1. The highest BCUT2D eigenvalue weighted by Crippen LogP contribution is 2.23. The van der Waals surface area contributed by atoms with Gasteiger partial charge in [0.25, 0.3) is 5.91 Å². The normalized spacial score (nSPS) is 10.2. The lowest BCUT2D eigenvalue weighted by Gasteiger charge is -2.10. The zero-order valence-electron chi connectivity index (χ0n) is 11.0. The van der Waals surface area contributed by atoms with Crippen molar-refractivity contribution in [2.75, 3.05) is 5.32 Å². The molecule has 0 aromatic heterocycles. The predicted molar refractivity (Wildman–Crippen MR) is 85.2 cm³/mol. The van der Waals surface area contributed by atoms with Crippen molar-refractivity contribution in [3.05, 3.63) is 62.6 Å². The number of carbonyl (C=O) groups is 2. The van der Waals surface area contributed by atoms with E-state index >= 15 is 0 Å². The Morgan fingerprint density at radius 1 is 1.19 bits per heavy atom. The highest BCUT2D eigenvalue weighted by Gasteiger charge is 2.13. The molecule has 0 aliphatic heterocycles. The number of amides is 1. The van der Waals surface area contributed by atoms with E-state index < -0.39 is 5.97 Å².